The van der Waals surface area contributed by atoms with Gasteiger partial charge in [-0.05, 0) is 36.4 Å². The first kappa shape index (κ1) is 33.9. The second-order valence-corrected chi connectivity index (χ2v) is 8.72. The van der Waals surface area contributed by atoms with Crippen molar-refractivity contribution >= 4 is 41.7 Å². The molecule has 4 heterocycles. The Bertz CT molecular complexity index is 1430. The van der Waals surface area contributed by atoms with E-state index in [1.54, 1.807) is 0 Å². The predicted octanol–water partition coefficient (Wildman–Crippen LogP) is 6.46. The van der Waals surface area contributed by atoms with Crippen molar-refractivity contribution in [2.45, 2.75) is 0 Å². The zero-order valence-corrected chi connectivity index (χ0v) is 26.5. The van der Waals surface area contributed by atoms with Crippen LogP contribution in [-0.2, 0) is 24.6 Å². The second-order valence-electron chi connectivity index (χ2n) is 8.72. The molecular formula is C35H29N6OOs-3. The number of benzene rings is 2. The normalized spacial score (nSPS) is 10.5. The number of fused-ring (bicyclic) bond motifs is 6. The molecule has 0 saturated heterocycles. The molecule has 0 spiro atoms. The topological polar surface area (TPSA) is 65.5 Å². The average Bonchev–Trinajstić information content (AvgIpc) is 3.09. The number of aromatic nitrogens is 3. The van der Waals surface area contributed by atoms with Crippen LogP contribution in [0.5, 0.6) is 0 Å². The second kappa shape index (κ2) is 17.5. The van der Waals surface area contributed by atoms with Gasteiger partial charge in [-0.15, -0.1) is 35.4 Å². The predicted molar refractivity (Wildman–Crippen MR) is 169 cm³/mol. The maximum Gasteiger partial charge on any atom is 0.136 e. The first-order valence-corrected chi connectivity index (χ1v) is 12.8. The average molecular weight is 740 g/mol. The third kappa shape index (κ3) is 9.37. The summed E-state index contributed by atoms with van der Waals surface area (Å²) in [5, 5.41) is 0. The fraction of sp³-hybridized carbons (Fsp3) is 0.0857. The van der Waals surface area contributed by atoms with E-state index >= 15 is 0 Å². The van der Waals surface area contributed by atoms with E-state index in [1.807, 2.05) is 151 Å². The Hall–Kier alpha value is -5.28. The first-order chi connectivity index (χ1) is 20.5. The summed E-state index contributed by atoms with van der Waals surface area (Å²) in [6, 6.07) is 36.6. The number of anilines is 6. The summed E-state index contributed by atoms with van der Waals surface area (Å²) in [5.41, 5.74) is 1.65. The van der Waals surface area contributed by atoms with Crippen LogP contribution in [-0.4, -0.2) is 42.9 Å². The van der Waals surface area contributed by atoms with Gasteiger partial charge in [0.05, 0.1) is 0 Å². The molecule has 7 nitrogen and oxygen atoms in total. The molecular weight excluding hydrogens is 711 g/mol. The van der Waals surface area contributed by atoms with Crippen LogP contribution < -0.4 is 14.7 Å². The molecule has 43 heavy (non-hydrogen) atoms. The maximum absolute atomic E-state index is 7.75. The maximum atomic E-state index is 7.75. The molecule has 2 aromatic carbocycles. The summed E-state index contributed by atoms with van der Waals surface area (Å²) in [7, 11) is 5.92. The zero-order chi connectivity index (χ0) is 30.3. The van der Waals surface area contributed by atoms with Crippen molar-refractivity contribution < 1.29 is 24.6 Å². The van der Waals surface area contributed by atoms with Crippen molar-refractivity contribution in [2.75, 3.05) is 35.8 Å². The minimum atomic E-state index is 0. The van der Waals surface area contributed by atoms with E-state index < -0.39 is 0 Å². The number of pyridine rings is 3. The smallest absolute Gasteiger partial charge is 0.136 e. The van der Waals surface area contributed by atoms with Gasteiger partial charge in [-0.1, -0.05) is 54.6 Å². The standard InChI is InChI=1S/C18H18N6.2C8H5.CHO.Os/c1-22-13-7-4-9-15(19-13)23(2)17-11-6-12-18(21-17)24(3)16-10-5-8-14(22)20-16;2*1-2-8-6-4-3-5-7-8;1-2;/h4-12H,1-3H3;2*3-7H;1H;/q;3*-1;. The van der Waals surface area contributed by atoms with Crippen LogP contribution in [0.15, 0.2) is 115 Å². The molecule has 0 aliphatic carbocycles. The first-order valence-electron chi connectivity index (χ1n) is 12.8. The van der Waals surface area contributed by atoms with E-state index in [2.05, 4.69) is 18.6 Å². The van der Waals surface area contributed by atoms with Crippen LogP contribution in [0, 0.1) is 24.7 Å². The summed E-state index contributed by atoms with van der Waals surface area (Å²) < 4.78 is 0. The van der Waals surface area contributed by atoms with Gasteiger partial charge < -0.3 is 32.3 Å². The van der Waals surface area contributed by atoms with E-state index in [1.165, 1.54) is 0 Å². The van der Waals surface area contributed by atoms with E-state index in [0.717, 1.165) is 46.0 Å². The van der Waals surface area contributed by atoms with Crippen LogP contribution in [0.1, 0.15) is 11.1 Å². The Morgan fingerprint density at radius 3 is 0.884 bits per heavy atom. The van der Waals surface area contributed by atoms with Gasteiger partial charge in [-0.3, -0.25) is 18.6 Å². The molecule has 6 bridgehead atoms. The summed E-state index contributed by atoms with van der Waals surface area (Å²) in [5.74, 6) is 9.57. The van der Waals surface area contributed by atoms with Gasteiger partial charge in [0, 0.05) is 40.9 Å². The number of hydrogen-bond donors (Lipinski definition) is 0. The van der Waals surface area contributed by atoms with Crippen molar-refractivity contribution in [3.05, 3.63) is 139 Å². The van der Waals surface area contributed by atoms with Gasteiger partial charge >= 0.3 is 0 Å². The summed E-state index contributed by atoms with van der Waals surface area (Å²) in [4.78, 5) is 28.0. The molecule has 0 saturated carbocycles. The van der Waals surface area contributed by atoms with E-state index in [4.69, 9.17) is 32.6 Å². The fourth-order valence-electron chi connectivity index (χ4n) is 3.75. The van der Waals surface area contributed by atoms with Crippen molar-refractivity contribution in [3.63, 3.8) is 0 Å². The molecule has 6 rings (SSSR count). The molecule has 0 unspecified atom stereocenters. The zero-order valence-electron chi connectivity index (χ0n) is 24.0. The summed E-state index contributed by atoms with van der Waals surface area (Å²) in [6.45, 7) is 3.25. The van der Waals surface area contributed by atoms with Gasteiger partial charge in [-0.25, -0.2) is 15.0 Å². The van der Waals surface area contributed by atoms with E-state index in [0.29, 0.717) is 0 Å². The molecule has 3 aromatic heterocycles. The van der Waals surface area contributed by atoms with Crippen molar-refractivity contribution in [2.24, 2.45) is 0 Å². The van der Waals surface area contributed by atoms with Crippen molar-refractivity contribution in [1.29, 1.82) is 0 Å². The molecule has 8 heteroatoms. The molecule has 1 aliphatic heterocycles. The van der Waals surface area contributed by atoms with Crippen LogP contribution in [0.4, 0.5) is 34.9 Å². The number of hydrogen-bond acceptors (Lipinski definition) is 7. The molecule has 1 aliphatic rings. The quantitative estimate of drug-likeness (QED) is 0.103. The van der Waals surface area contributed by atoms with Crippen molar-refractivity contribution in [1.82, 2.24) is 15.0 Å². The minimum absolute atomic E-state index is 0. The van der Waals surface area contributed by atoms with Crippen LogP contribution in [0.25, 0.3) is 0 Å². The molecule has 0 amide bonds. The Morgan fingerprint density at radius 1 is 0.465 bits per heavy atom. The van der Waals surface area contributed by atoms with Gasteiger partial charge in [0.1, 0.15) is 34.9 Å². The molecule has 0 radical (unpaired) electrons. The van der Waals surface area contributed by atoms with E-state index in [9.17, 15) is 0 Å². The molecule has 0 fully saturated rings. The van der Waals surface area contributed by atoms with Gasteiger partial charge in [0.25, 0.3) is 0 Å². The molecule has 5 aromatic rings. The Labute approximate surface area is 267 Å². The van der Waals surface area contributed by atoms with E-state index in [-0.39, 0.29) is 19.8 Å². The van der Waals surface area contributed by atoms with Crippen molar-refractivity contribution in [3.8, 4) is 11.8 Å². The summed E-state index contributed by atoms with van der Waals surface area (Å²) >= 11 is 0. The molecule has 0 atom stereocenters. The van der Waals surface area contributed by atoms with Crippen LogP contribution in [0.3, 0.4) is 0 Å². The summed E-state index contributed by atoms with van der Waals surface area (Å²) in [6.07, 6.45) is 13.4. The minimum Gasteiger partial charge on any atom is -0.545 e. The monoisotopic (exact) mass is 741 g/mol. The van der Waals surface area contributed by atoms with Gasteiger partial charge in [-0.2, -0.15) is 0 Å². The largest absolute Gasteiger partial charge is 0.545 e. The van der Waals surface area contributed by atoms with Crippen LogP contribution >= 0.6 is 0 Å². The Balaban J connectivity index is 0.000000279. The van der Waals surface area contributed by atoms with Gasteiger partial charge in [0.15, 0.2) is 0 Å². The molecule has 216 valence electrons. The number of rotatable bonds is 0. The third-order valence-corrected chi connectivity index (χ3v) is 6.06. The Kier molecular flexibility index (Phi) is 13.8. The number of carbonyl (C=O) groups excluding carboxylic acids is 1. The Morgan fingerprint density at radius 2 is 0.698 bits per heavy atom. The third-order valence-electron chi connectivity index (χ3n) is 6.06. The molecule has 0 N–H and O–H groups in total. The van der Waals surface area contributed by atoms with Crippen LogP contribution in [0.2, 0.25) is 0 Å². The SMILES string of the molecule is CN1c2cccc(n2)N(C)c2cccc(n2)N(C)c2cccc1n2.[C-]#Cc1ccccc1.[C-]#Cc1ccccc1.[CH-]=O.[Os]. The fourth-order valence-corrected chi connectivity index (χ4v) is 3.75. The number of nitrogens with zero attached hydrogens (tertiary/aromatic N) is 6. The van der Waals surface area contributed by atoms with Gasteiger partial charge in [0.2, 0.25) is 0 Å².